The Kier molecular flexibility index (Phi) is 4.27. The van der Waals surface area contributed by atoms with Crippen LogP contribution in [0.25, 0.3) is 5.95 Å². The van der Waals surface area contributed by atoms with Crippen LogP contribution in [-0.4, -0.2) is 31.3 Å². The summed E-state index contributed by atoms with van der Waals surface area (Å²) in [6.07, 6.45) is 5.61. The topological polar surface area (TPSA) is 91.7 Å². The molecule has 0 aromatic carbocycles. The molecule has 0 saturated heterocycles. The van der Waals surface area contributed by atoms with E-state index in [-0.39, 0.29) is 12.0 Å². The maximum absolute atomic E-state index is 5.65. The van der Waals surface area contributed by atoms with Crippen LogP contribution in [0.2, 0.25) is 0 Å². The number of hydrogen-bond acceptors (Lipinski definition) is 6. The van der Waals surface area contributed by atoms with Crippen LogP contribution in [0.5, 0.6) is 6.01 Å². The first-order chi connectivity index (χ1) is 9.19. The smallest absolute Gasteiger partial charge is 0.323 e. The van der Waals surface area contributed by atoms with Crippen molar-refractivity contribution in [3.05, 3.63) is 18.5 Å². The fraction of sp³-hybridized carbons (Fsp3) is 0.500. The first-order valence-electron chi connectivity index (χ1n) is 6.33. The van der Waals surface area contributed by atoms with Gasteiger partial charge in [-0.15, -0.1) is 0 Å². The molecule has 0 fully saturated rings. The Morgan fingerprint density at radius 1 is 1.37 bits per heavy atom. The SMILES string of the molecule is CCCC(C)COc1nc(N)nc(-n2cccn2)n1. The average molecular weight is 262 g/mol. The number of nitrogens with two attached hydrogens (primary N) is 1. The Labute approximate surface area is 111 Å². The Hall–Kier alpha value is -2.18. The van der Waals surface area contributed by atoms with Gasteiger partial charge in [0.2, 0.25) is 5.95 Å². The molecule has 0 aliphatic carbocycles. The van der Waals surface area contributed by atoms with Crippen molar-refractivity contribution in [3.63, 3.8) is 0 Å². The van der Waals surface area contributed by atoms with E-state index >= 15 is 0 Å². The molecule has 19 heavy (non-hydrogen) atoms. The summed E-state index contributed by atoms with van der Waals surface area (Å²) in [6.45, 7) is 4.84. The molecule has 2 aromatic rings. The molecule has 0 bridgehead atoms. The minimum absolute atomic E-state index is 0.124. The molecular formula is C12H18N6O. The Bertz CT molecular complexity index is 513. The summed E-state index contributed by atoms with van der Waals surface area (Å²) in [5, 5.41) is 4.05. The molecule has 0 spiro atoms. The number of ether oxygens (including phenoxy) is 1. The minimum Gasteiger partial charge on any atom is -0.463 e. The van der Waals surface area contributed by atoms with Gasteiger partial charge in [-0.3, -0.25) is 0 Å². The minimum atomic E-state index is 0.124. The van der Waals surface area contributed by atoms with Gasteiger partial charge in [0.05, 0.1) is 6.61 Å². The van der Waals surface area contributed by atoms with E-state index < -0.39 is 0 Å². The molecule has 1 atom stereocenters. The predicted molar refractivity (Wildman–Crippen MR) is 70.9 cm³/mol. The highest BCUT2D eigenvalue weighted by atomic mass is 16.5. The zero-order valence-electron chi connectivity index (χ0n) is 11.2. The molecule has 0 aliphatic heterocycles. The molecular weight excluding hydrogens is 244 g/mol. The quantitative estimate of drug-likeness (QED) is 0.847. The molecule has 102 valence electrons. The van der Waals surface area contributed by atoms with Gasteiger partial charge in [-0.2, -0.15) is 20.1 Å². The van der Waals surface area contributed by atoms with Crippen LogP contribution in [0, 0.1) is 5.92 Å². The standard InChI is InChI=1S/C12H18N6O/c1-3-5-9(2)8-19-12-16-10(13)15-11(17-12)18-7-4-6-14-18/h4,6-7,9H,3,5,8H2,1-2H3,(H2,13,15,16,17). The van der Waals surface area contributed by atoms with Gasteiger partial charge in [0, 0.05) is 12.4 Å². The number of nitrogen functional groups attached to an aromatic ring is 1. The lowest BCUT2D eigenvalue weighted by atomic mass is 10.1. The van der Waals surface area contributed by atoms with Crippen molar-refractivity contribution >= 4 is 5.95 Å². The van der Waals surface area contributed by atoms with Crippen LogP contribution < -0.4 is 10.5 Å². The molecule has 2 rings (SSSR count). The van der Waals surface area contributed by atoms with Gasteiger partial charge in [0.15, 0.2) is 0 Å². The lowest BCUT2D eigenvalue weighted by Crippen LogP contribution is -2.13. The molecule has 2 N–H and O–H groups in total. The van der Waals surface area contributed by atoms with Gasteiger partial charge in [0.25, 0.3) is 5.95 Å². The monoisotopic (exact) mass is 262 g/mol. The zero-order chi connectivity index (χ0) is 13.7. The van der Waals surface area contributed by atoms with Gasteiger partial charge >= 0.3 is 6.01 Å². The number of aromatic nitrogens is 5. The third-order valence-electron chi connectivity index (χ3n) is 2.61. The fourth-order valence-corrected chi connectivity index (χ4v) is 1.71. The van der Waals surface area contributed by atoms with Crippen molar-refractivity contribution in [2.75, 3.05) is 12.3 Å². The molecule has 2 heterocycles. The maximum Gasteiger partial charge on any atom is 0.323 e. The summed E-state index contributed by atoms with van der Waals surface area (Å²) in [4.78, 5) is 12.2. The number of nitrogens with zero attached hydrogens (tertiary/aromatic N) is 5. The van der Waals surface area contributed by atoms with Crippen molar-refractivity contribution in [2.24, 2.45) is 5.92 Å². The van der Waals surface area contributed by atoms with Crippen LogP contribution in [0.15, 0.2) is 18.5 Å². The van der Waals surface area contributed by atoms with Crippen molar-refractivity contribution in [2.45, 2.75) is 26.7 Å². The third-order valence-corrected chi connectivity index (χ3v) is 2.61. The van der Waals surface area contributed by atoms with Gasteiger partial charge < -0.3 is 10.5 Å². The fourth-order valence-electron chi connectivity index (χ4n) is 1.71. The summed E-state index contributed by atoms with van der Waals surface area (Å²) in [5.74, 6) is 0.936. The molecule has 7 nitrogen and oxygen atoms in total. The van der Waals surface area contributed by atoms with Crippen molar-refractivity contribution in [3.8, 4) is 12.0 Å². The normalized spacial score (nSPS) is 12.3. The molecule has 0 saturated carbocycles. The number of rotatable bonds is 6. The molecule has 0 radical (unpaired) electrons. The summed E-state index contributed by atoms with van der Waals surface area (Å²) >= 11 is 0. The Balaban J connectivity index is 2.09. The van der Waals surface area contributed by atoms with Crippen LogP contribution >= 0.6 is 0 Å². The van der Waals surface area contributed by atoms with Crippen molar-refractivity contribution in [1.82, 2.24) is 24.7 Å². The lowest BCUT2D eigenvalue weighted by molar-refractivity contribution is 0.233. The van der Waals surface area contributed by atoms with Gasteiger partial charge in [-0.1, -0.05) is 20.3 Å². The van der Waals surface area contributed by atoms with E-state index in [2.05, 4.69) is 33.9 Å². The van der Waals surface area contributed by atoms with E-state index in [0.29, 0.717) is 18.5 Å². The molecule has 7 heteroatoms. The lowest BCUT2D eigenvalue weighted by Gasteiger charge is -2.11. The van der Waals surface area contributed by atoms with E-state index in [4.69, 9.17) is 10.5 Å². The van der Waals surface area contributed by atoms with E-state index in [0.717, 1.165) is 12.8 Å². The summed E-state index contributed by atoms with van der Waals surface area (Å²) < 4.78 is 7.07. The van der Waals surface area contributed by atoms with E-state index in [1.165, 1.54) is 4.68 Å². The third kappa shape index (κ3) is 3.64. The largest absolute Gasteiger partial charge is 0.463 e. The molecule has 0 amide bonds. The maximum atomic E-state index is 5.65. The first kappa shape index (κ1) is 13.3. The molecule has 0 aliphatic rings. The average Bonchev–Trinajstić information content (AvgIpc) is 2.90. The number of anilines is 1. The second-order valence-corrected chi connectivity index (χ2v) is 4.43. The Morgan fingerprint density at radius 2 is 2.21 bits per heavy atom. The van der Waals surface area contributed by atoms with E-state index in [1.807, 2.05) is 0 Å². The van der Waals surface area contributed by atoms with Crippen molar-refractivity contribution < 1.29 is 4.74 Å². The second kappa shape index (κ2) is 6.12. The zero-order valence-corrected chi connectivity index (χ0v) is 11.2. The van der Waals surface area contributed by atoms with Crippen LogP contribution in [0.1, 0.15) is 26.7 Å². The second-order valence-electron chi connectivity index (χ2n) is 4.43. The van der Waals surface area contributed by atoms with Gasteiger partial charge in [0.1, 0.15) is 0 Å². The molecule has 2 aromatic heterocycles. The highest BCUT2D eigenvalue weighted by Crippen LogP contribution is 2.11. The molecule has 1 unspecified atom stereocenters. The summed E-state index contributed by atoms with van der Waals surface area (Å²) in [7, 11) is 0. The van der Waals surface area contributed by atoms with Crippen LogP contribution in [0.3, 0.4) is 0 Å². The summed E-state index contributed by atoms with van der Waals surface area (Å²) in [6, 6.07) is 2.02. The first-order valence-corrected chi connectivity index (χ1v) is 6.33. The highest BCUT2D eigenvalue weighted by Gasteiger charge is 2.09. The van der Waals surface area contributed by atoms with Crippen LogP contribution in [0.4, 0.5) is 5.95 Å². The van der Waals surface area contributed by atoms with Crippen LogP contribution in [-0.2, 0) is 0 Å². The van der Waals surface area contributed by atoms with E-state index in [1.54, 1.807) is 18.5 Å². The van der Waals surface area contributed by atoms with Crippen molar-refractivity contribution in [1.29, 1.82) is 0 Å². The Morgan fingerprint density at radius 3 is 2.89 bits per heavy atom. The van der Waals surface area contributed by atoms with E-state index in [9.17, 15) is 0 Å². The predicted octanol–water partition coefficient (Wildman–Crippen LogP) is 1.45. The summed E-state index contributed by atoms with van der Waals surface area (Å²) in [5.41, 5.74) is 5.65. The highest BCUT2D eigenvalue weighted by molar-refractivity contribution is 5.24. The van der Waals surface area contributed by atoms with Gasteiger partial charge in [-0.05, 0) is 18.4 Å². The number of hydrogen-bond donors (Lipinski definition) is 1. The van der Waals surface area contributed by atoms with Gasteiger partial charge in [-0.25, -0.2) is 4.68 Å².